The Hall–Kier alpha value is -3.67. The molecule has 2 heterocycles. The molecule has 1 atom stereocenters. The molecule has 0 radical (unpaired) electrons. The normalized spacial score (nSPS) is 12.4. The van der Waals surface area contributed by atoms with Crippen LogP contribution in [0.15, 0.2) is 47.9 Å². The molecule has 3 rings (SSSR count). The van der Waals surface area contributed by atoms with E-state index in [1.165, 1.54) is 49.6 Å². The number of carboxylic acids is 1. The first-order chi connectivity index (χ1) is 14.6. The molecule has 0 fully saturated rings. The number of carboxylic acid groups (broad SMARTS) is 1. The van der Waals surface area contributed by atoms with Gasteiger partial charge in [-0.2, -0.15) is 5.10 Å². The molecule has 3 N–H and O–H groups in total. The summed E-state index contributed by atoms with van der Waals surface area (Å²) in [6.45, 7) is 1.84. The number of nitrogens with zero attached hydrogens (tertiary/aromatic N) is 4. The Kier molecular flexibility index (Phi) is 6.11. The number of aromatic nitrogens is 4. The van der Waals surface area contributed by atoms with Crippen molar-refractivity contribution in [2.24, 2.45) is 7.05 Å². The minimum absolute atomic E-state index is 0.00348. The van der Waals surface area contributed by atoms with Crippen LogP contribution in [0.3, 0.4) is 0 Å². The lowest BCUT2D eigenvalue weighted by Crippen LogP contribution is -2.43. The Morgan fingerprint density at radius 2 is 1.94 bits per heavy atom. The fourth-order valence-electron chi connectivity index (χ4n) is 3.00. The van der Waals surface area contributed by atoms with Gasteiger partial charge >= 0.3 is 5.97 Å². The summed E-state index contributed by atoms with van der Waals surface area (Å²) in [4.78, 5) is 31.1. The summed E-state index contributed by atoms with van der Waals surface area (Å²) in [5.41, 5.74) is 1.36. The van der Waals surface area contributed by atoms with Gasteiger partial charge in [0.05, 0.1) is 17.4 Å². The minimum atomic E-state index is -3.98. The maximum atomic E-state index is 13.1. The number of amides is 1. The number of benzene rings is 1. The Morgan fingerprint density at radius 3 is 2.52 bits per heavy atom. The van der Waals surface area contributed by atoms with E-state index in [1.54, 1.807) is 12.1 Å². The van der Waals surface area contributed by atoms with Gasteiger partial charge in [-0.25, -0.2) is 18.2 Å². The van der Waals surface area contributed by atoms with E-state index in [-0.39, 0.29) is 22.7 Å². The minimum Gasteiger partial charge on any atom is -0.480 e. The van der Waals surface area contributed by atoms with Crippen molar-refractivity contribution in [3.8, 4) is 0 Å². The highest BCUT2D eigenvalue weighted by molar-refractivity contribution is 7.92. The topological polar surface area (TPSA) is 150 Å². The fourth-order valence-corrected chi connectivity index (χ4v) is 4.24. The number of anilines is 1. The average Bonchev–Trinajstić information content (AvgIpc) is 3.36. The number of rotatable bonds is 8. The predicted molar refractivity (Wildman–Crippen MR) is 111 cm³/mol. The Balaban J connectivity index is 1.89. The Morgan fingerprint density at radius 1 is 1.26 bits per heavy atom. The number of carbonyl (C=O) groups excluding carboxylic acids is 1. The van der Waals surface area contributed by atoms with E-state index in [2.05, 4.69) is 20.4 Å². The zero-order chi connectivity index (χ0) is 22.8. The first-order valence-electron chi connectivity index (χ1n) is 9.19. The van der Waals surface area contributed by atoms with Gasteiger partial charge in [0.15, 0.2) is 5.82 Å². The molecular formula is C19H22N6O5S. The molecular weight excluding hydrogens is 424 g/mol. The third kappa shape index (κ3) is 4.58. The quantitative estimate of drug-likeness (QED) is 0.461. The summed E-state index contributed by atoms with van der Waals surface area (Å²) in [5, 5.41) is 15.9. The summed E-state index contributed by atoms with van der Waals surface area (Å²) in [7, 11) is -1.18. The summed E-state index contributed by atoms with van der Waals surface area (Å²) in [5.74, 6) is -2.00. The highest BCUT2D eigenvalue weighted by atomic mass is 32.2. The van der Waals surface area contributed by atoms with Crippen LogP contribution in [0.1, 0.15) is 21.6 Å². The van der Waals surface area contributed by atoms with Gasteiger partial charge in [-0.15, -0.1) is 0 Å². The molecule has 1 aromatic carbocycles. The van der Waals surface area contributed by atoms with Gasteiger partial charge < -0.3 is 15.4 Å². The van der Waals surface area contributed by atoms with Crippen molar-refractivity contribution in [1.82, 2.24) is 25.1 Å². The van der Waals surface area contributed by atoms with Crippen LogP contribution in [-0.4, -0.2) is 58.2 Å². The molecule has 164 valence electrons. The fraction of sp³-hybridized carbons (Fsp3) is 0.263. The lowest BCUT2D eigenvalue weighted by molar-refractivity contribution is -0.139. The number of hydrogen-bond acceptors (Lipinski definition) is 6. The van der Waals surface area contributed by atoms with Crippen molar-refractivity contribution in [3.05, 3.63) is 59.8 Å². The lowest BCUT2D eigenvalue weighted by atomic mass is 10.1. The highest BCUT2D eigenvalue weighted by Crippen LogP contribution is 2.25. The van der Waals surface area contributed by atoms with Crippen molar-refractivity contribution in [2.75, 3.05) is 11.4 Å². The molecule has 0 aliphatic heterocycles. The number of imidazole rings is 1. The Labute approximate surface area is 178 Å². The van der Waals surface area contributed by atoms with Gasteiger partial charge in [-0.3, -0.25) is 13.8 Å². The molecule has 0 aliphatic carbocycles. The summed E-state index contributed by atoms with van der Waals surface area (Å²) >= 11 is 0. The van der Waals surface area contributed by atoms with Crippen molar-refractivity contribution in [1.29, 1.82) is 0 Å². The number of carbonyl (C=O) groups is 2. The van der Waals surface area contributed by atoms with E-state index in [0.717, 1.165) is 9.87 Å². The van der Waals surface area contributed by atoms with Gasteiger partial charge in [-0.05, 0) is 19.1 Å². The average molecular weight is 446 g/mol. The van der Waals surface area contributed by atoms with Gasteiger partial charge in [0, 0.05) is 32.4 Å². The second-order valence-corrected chi connectivity index (χ2v) is 8.91. The van der Waals surface area contributed by atoms with Gasteiger partial charge in [0.2, 0.25) is 0 Å². The van der Waals surface area contributed by atoms with Crippen molar-refractivity contribution in [2.45, 2.75) is 24.3 Å². The lowest BCUT2D eigenvalue weighted by Gasteiger charge is -2.21. The summed E-state index contributed by atoms with van der Waals surface area (Å²) in [6.07, 6.45) is 4.04. The third-order valence-electron chi connectivity index (χ3n) is 4.71. The smallest absolute Gasteiger partial charge is 0.326 e. The van der Waals surface area contributed by atoms with Crippen molar-refractivity contribution >= 4 is 27.7 Å². The van der Waals surface area contributed by atoms with E-state index >= 15 is 0 Å². The Bertz CT molecular complexity index is 1190. The van der Waals surface area contributed by atoms with E-state index in [1.807, 2.05) is 6.92 Å². The summed E-state index contributed by atoms with van der Waals surface area (Å²) in [6, 6.07) is 5.04. The van der Waals surface area contributed by atoms with Gasteiger partial charge in [0.1, 0.15) is 11.6 Å². The van der Waals surface area contributed by atoms with Crippen LogP contribution in [-0.2, 0) is 28.3 Å². The molecule has 0 saturated carbocycles. The van der Waals surface area contributed by atoms with E-state index in [0.29, 0.717) is 5.69 Å². The molecule has 1 amide bonds. The standard InChI is InChI=1S/C19H22N6O5S/c1-12-4-6-14(7-5-12)31(29,30)25(3)18-15(10-22-24(18)2)17(26)23-16(19(27)28)8-13-9-20-11-21-13/h4-7,9-11,16H,8H2,1-3H3,(H,20,21)(H,23,26)(H,27,28). The highest BCUT2D eigenvalue weighted by Gasteiger charge is 2.30. The van der Waals surface area contributed by atoms with Crippen LogP contribution < -0.4 is 9.62 Å². The van der Waals surface area contributed by atoms with Crippen molar-refractivity contribution in [3.63, 3.8) is 0 Å². The molecule has 0 spiro atoms. The maximum absolute atomic E-state index is 13.1. The number of aromatic amines is 1. The number of H-pyrrole nitrogens is 1. The number of sulfonamides is 1. The predicted octanol–water partition coefficient (Wildman–Crippen LogP) is 0.702. The van der Waals surface area contributed by atoms with E-state index in [9.17, 15) is 23.1 Å². The number of aryl methyl sites for hydroxylation is 2. The van der Waals surface area contributed by atoms with Gasteiger partial charge in [-0.1, -0.05) is 17.7 Å². The van der Waals surface area contributed by atoms with Crippen LogP contribution in [0.2, 0.25) is 0 Å². The zero-order valence-corrected chi connectivity index (χ0v) is 17.9. The molecule has 0 saturated heterocycles. The van der Waals surface area contributed by atoms with Crippen LogP contribution in [0.25, 0.3) is 0 Å². The summed E-state index contributed by atoms with van der Waals surface area (Å²) < 4.78 is 28.3. The van der Waals surface area contributed by atoms with Crippen LogP contribution >= 0.6 is 0 Å². The van der Waals surface area contributed by atoms with E-state index in [4.69, 9.17) is 0 Å². The molecule has 0 bridgehead atoms. The zero-order valence-electron chi connectivity index (χ0n) is 17.1. The van der Waals surface area contributed by atoms with Crippen molar-refractivity contribution < 1.29 is 23.1 Å². The second kappa shape index (κ2) is 8.60. The second-order valence-electron chi connectivity index (χ2n) is 6.94. The monoisotopic (exact) mass is 446 g/mol. The molecule has 2 aromatic heterocycles. The van der Waals surface area contributed by atoms with Crippen LogP contribution in [0, 0.1) is 6.92 Å². The third-order valence-corrected chi connectivity index (χ3v) is 6.47. The molecule has 11 nitrogen and oxygen atoms in total. The van der Waals surface area contributed by atoms with Gasteiger partial charge in [0.25, 0.3) is 15.9 Å². The first-order valence-corrected chi connectivity index (χ1v) is 10.6. The SMILES string of the molecule is Cc1ccc(S(=O)(=O)N(C)c2c(C(=O)NC(Cc3cnc[nH]3)C(=O)O)cnn2C)cc1. The first kappa shape index (κ1) is 22.0. The van der Waals surface area contributed by atoms with Crippen LogP contribution in [0.4, 0.5) is 5.82 Å². The molecule has 0 aliphatic rings. The number of hydrogen-bond donors (Lipinski definition) is 3. The maximum Gasteiger partial charge on any atom is 0.326 e. The van der Waals surface area contributed by atoms with E-state index < -0.39 is 27.9 Å². The molecule has 1 unspecified atom stereocenters. The largest absolute Gasteiger partial charge is 0.480 e. The molecule has 31 heavy (non-hydrogen) atoms. The number of nitrogens with one attached hydrogen (secondary N) is 2. The van der Waals surface area contributed by atoms with Crippen LogP contribution in [0.5, 0.6) is 0 Å². The molecule has 3 aromatic rings. The number of aliphatic carboxylic acids is 1. The molecule has 12 heteroatoms.